The molecule has 1 fully saturated rings. The zero-order valence-electron chi connectivity index (χ0n) is 11.0. The lowest BCUT2D eigenvalue weighted by Crippen LogP contribution is -2.20. The van der Waals surface area contributed by atoms with E-state index in [2.05, 4.69) is 9.88 Å². The molecule has 1 amide bonds. The molecule has 0 atom stereocenters. The van der Waals surface area contributed by atoms with Crippen LogP contribution in [-0.2, 0) is 11.3 Å². The highest BCUT2D eigenvalue weighted by Gasteiger charge is 2.29. The molecule has 1 heterocycles. The maximum Gasteiger partial charge on any atom is 0.221 e. The van der Waals surface area contributed by atoms with Gasteiger partial charge in [-0.3, -0.25) is 4.79 Å². The van der Waals surface area contributed by atoms with E-state index in [4.69, 9.17) is 10.7 Å². The summed E-state index contributed by atoms with van der Waals surface area (Å²) in [5.41, 5.74) is 8.53. The lowest BCUT2D eigenvalue weighted by molar-refractivity contribution is -0.120. The van der Waals surface area contributed by atoms with E-state index in [1.165, 1.54) is 12.8 Å². The van der Waals surface area contributed by atoms with Gasteiger partial charge in [0.2, 0.25) is 5.91 Å². The number of fused-ring (bicyclic) bond motifs is 1. The Bertz CT molecular complexity index is 628. The third kappa shape index (κ3) is 2.28. The van der Waals surface area contributed by atoms with Crippen LogP contribution in [-0.4, -0.2) is 22.5 Å². The topological polar surface area (TPSA) is 72.9 Å². The number of aryl methyl sites for hydroxylation is 1. The maximum atomic E-state index is 11.4. The van der Waals surface area contributed by atoms with Crippen LogP contribution in [0.4, 0.5) is 5.69 Å². The van der Waals surface area contributed by atoms with Crippen molar-refractivity contribution in [1.29, 1.82) is 0 Å². The summed E-state index contributed by atoms with van der Waals surface area (Å²) in [4.78, 5) is 16.1. The van der Waals surface area contributed by atoms with Crippen LogP contribution in [0, 0.1) is 0 Å². The first-order chi connectivity index (χ1) is 9.19. The average molecular weight is 258 g/mol. The van der Waals surface area contributed by atoms with Gasteiger partial charge in [-0.05, 0) is 31.0 Å². The first kappa shape index (κ1) is 12.0. The summed E-state index contributed by atoms with van der Waals surface area (Å²) in [7, 11) is 1.66. The van der Waals surface area contributed by atoms with Crippen LogP contribution in [0.5, 0.6) is 0 Å². The van der Waals surface area contributed by atoms with Crippen molar-refractivity contribution >= 4 is 22.6 Å². The molecule has 19 heavy (non-hydrogen) atoms. The Labute approximate surface area is 111 Å². The van der Waals surface area contributed by atoms with Gasteiger partial charge in [-0.1, -0.05) is 0 Å². The van der Waals surface area contributed by atoms with Crippen LogP contribution >= 0.6 is 0 Å². The lowest BCUT2D eigenvalue weighted by atomic mass is 10.2. The quantitative estimate of drug-likeness (QED) is 0.819. The zero-order chi connectivity index (χ0) is 13.4. The minimum atomic E-state index is 0.0547. The van der Waals surface area contributed by atoms with E-state index in [0.717, 1.165) is 22.5 Å². The van der Waals surface area contributed by atoms with Crippen molar-refractivity contribution in [2.24, 2.45) is 0 Å². The van der Waals surface area contributed by atoms with Crippen LogP contribution in [0.1, 0.15) is 31.0 Å². The number of imidazole rings is 1. The van der Waals surface area contributed by atoms with Crippen molar-refractivity contribution in [3.05, 3.63) is 24.0 Å². The van der Waals surface area contributed by atoms with Gasteiger partial charge in [0.15, 0.2) is 0 Å². The van der Waals surface area contributed by atoms with Gasteiger partial charge in [-0.2, -0.15) is 0 Å². The fourth-order valence-corrected chi connectivity index (χ4v) is 2.39. The van der Waals surface area contributed by atoms with Crippen molar-refractivity contribution in [2.45, 2.75) is 31.7 Å². The number of carbonyl (C=O) groups excluding carboxylic acids is 1. The van der Waals surface area contributed by atoms with E-state index < -0.39 is 0 Å². The van der Waals surface area contributed by atoms with Gasteiger partial charge in [-0.25, -0.2) is 4.98 Å². The van der Waals surface area contributed by atoms with E-state index in [-0.39, 0.29) is 5.91 Å². The monoisotopic (exact) mass is 258 g/mol. The van der Waals surface area contributed by atoms with Gasteiger partial charge in [-0.15, -0.1) is 0 Å². The zero-order valence-corrected chi connectivity index (χ0v) is 11.0. The third-order valence-corrected chi connectivity index (χ3v) is 3.59. The summed E-state index contributed by atoms with van der Waals surface area (Å²) in [6, 6.07) is 5.78. The number of anilines is 1. The Kier molecular flexibility index (Phi) is 2.89. The summed E-state index contributed by atoms with van der Waals surface area (Å²) in [6.07, 6.45) is 2.86. The normalized spacial score (nSPS) is 14.8. The fourth-order valence-electron chi connectivity index (χ4n) is 2.39. The molecule has 1 aromatic heterocycles. The molecule has 3 rings (SSSR count). The van der Waals surface area contributed by atoms with E-state index in [0.29, 0.717) is 18.9 Å². The molecular formula is C14H18N4O. The highest BCUT2D eigenvalue weighted by atomic mass is 16.1. The molecule has 5 nitrogen and oxygen atoms in total. The van der Waals surface area contributed by atoms with Gasteiger partial charge in [0, 0.05) is 31.6 Å². The molecule has 5 heteroatoms. The number of aromatic nitrogens is 2. The molecule has 0 radical (unpaired) electrons. The van der Waals surface area contributed by atoms with Crippen molar-refractivity contribution in [2.75, 3.05) is 12.8 Å². The first-order valence-electron chi connectivity index (χ1n) is 6.65. The summed E-state index contributed by atoms with van der Waals surface area (Å²) in [5.74, 6) is 1.71. The number of nitrogens with two attached hydrogens (primary N) is 1. The van der Waals surface area contributed by atoms with Crippen LogP contribution in [0.15, 0.2) is 18.2 Å². The molecule has 3 N–H and O–H groups in total. The number of hydrogen-bond donors (Lipinski definition) is 2. The predicted molar refractivity (Wildman–Crippen MR) is 74.8 cm³/mol. The number of hydrogen-bond acceptors (Lipinski definition) is 3. The number of rotatable bonds is 4. The van der Waals surface area contributed by atoms with Gasteiger partial charge < -0.3 is 15.6 Å². The molecule has 1 aromatic carbocycles. The van der Waals surface area contributed by atoms with Crippen molar-refractivity contribution in [1.82, 2.24) is 14.9 Å². The Morgan fingerprint density at radius 1 is 1.53 bits per heavy atom. The van der Waals surface area contributed by atoms with Crippen molar-refractivity contribution < 1.29 is 4.79 Å². The number of benzene rings is 1. The van der Waals surface area contributed by atoms with E-state index >= 15 is 0 Å². The number of amides is 1. The third-order valence-electron chi connectivity index (χ3n) is 3.59. The van der Waals surface area contributed by atoms with E-state index in [9.17, 15) is 4.79 Å². The Hall–Kier alpha value is -2.04. The lowest BCUT2D eigenvalue weighted by Gasteiger charge is -2.08. The molecular weight excluding hydrogens is 240 g/mol. The van der Waals surface area contributed by atoms with E-state index in [1.807, 2.05) is 18.2 Å². The average Bonchev–Trinajstić information content (AvgIpc) is 3.18. The predicted octanol–water partition coefficient (Wildman–Crippen LogP) is 1.63. The SMILES string of the molecule is CNC(=O)CCn1c(C2CC2)nc2cc(N)ccc21. The van der Waals surface area contributed by atoms with Crippen LogP contribution in [0.3, 0.4) is 0 Å². The molecule has 0 unspecified atom stereocenters. The van der Waals surface area contributed by atoms with Gasteiger partial charge >= 0.3 is 0 Å². The molecule has 0 spiro atoms. The molecule has 100 valence electrons. The van der Waals surface area contributed by atoms with Crippen molar-refractivity contribution in [3.8, 4) is 0 Å². The highest BCUT2D eigenvalue weighted by Crippen LogP contribution is 2.40. The second-order valence-corrected chi connectivity index (χ2v) is 5.07. The van der Waals surface area contributed by atoms with Crippen molar-refractivity contribution in [3.63, 3.8) is 0 Å². The molecule has 1 saturated carbocycles. The van der Waals surface area contributed by atoms with Crippen LogP contribution in [0.2, 0.25) is 0 Å². The second-order valence-electron chi connectivity index (χ2n) is 5.07. The minimum absolute atomic E-state index is 0.0547. The highest BCUT2D eigenvalue weighted by molar-refractivity contribution is 5.80. The fraction of sp³-hybridized carbons (Fsp3) is 0.429. The smallest absolute Gasteiger partial charge is 0.221 e. The maximum absolute atomic E-state index is 11.4. The molecule has 0 aliphatic heterocycles. The molecule has 0 bridgehead atoms. The summed E-state index contributed by atoms with van der Waals surface area (Å²) >= 11 is 0. The minimum Gasteiger partial charge on any atom is -0.399 e. The number of carbonyl (C=O) groups is 1. The Morgan fingerprint density at radius 3 is 3.00 bits per heavy atom. The summed E-state index contributed by atoms with van der Waals surface area (Å²) in [6.45, 7) is 0.673. The van der Waals surface area contributed by atoms with E-state index in [1.54, 1.807) is 7.05 Å². The number of nitrogen functional groups attached to an aromatic ring is 1. The molecule has 2 aromatic rings. The standard InChI is InChI=1S/C14H18N4O/c1-16-13(19)6-7-18-12-5-4-10(15)8-11(12)17-14(18)9-2-3-9/h4-5,8-9H,2-3,6-7,15H2,1H3,(H,16,19). The molecule has 0 saturated heterocycles. The Morgan fingerprint density at radius 2 is 2.32 bits per heavy atom. The number of nitrogens with zero attached hydrogens (tertiary/aromatic N) is 2. The van der Waals surface area contributed by atoms with Gasteiger partial charge in [0.25, 0.3) is 0 Å². The molecule has 1 aliphatic carbocycles. The number of nitrogens with one attached hydrogen (secondary N) is 1. The largest absolute Gasteiger partial charge is 0.399 e. The molecule has 1 aliphatic rings. The summed E-state index contributed by atoms with van der Waals surface area (Å²) < 4.78 is 2.17. The van der Waals surface area contributed by atoms with Gasteiger partial charge in [0.05, 0.1) is 11.0 Å². The van der Waals surface area contributed by atoms with Crippen LogP contribution in [0.25, 0.3) is 11.0 Å². The van der Waals surface area contributed by atoms with Gasteiger partial charge in [0.1, 0.15) is 5.82 Å². The first-order valence-corrected chi connectivity index (χ1v) is 6.65. The second kappa shape index (κ2) is 4.57. The summed E-state index contributed by atoms with van der Waals surface area (Å²) in [5, 5.41) is 2.66. The Balaban J connectivity index is 1.99. The van der Waals surface area contributed by atoms with Crippen LogP contribution < -0.4 is 11.1 Å².